The highest BCUT2D eigenvalue weighted by Gasteiger charge is 2.39. The van der Waals surface area contributed by atoms with Gasteiger partial charge >= 0.3 is 0 Å². The molecule has 0 bridgehead atoms. The fourth-order valence-electron chi connectivity index (χ4n) is 4.63. The van der Waals surface area contributed by atoms with E-state index < -0.39 is 0 Å². The lowest BCUT2D eigenvalue weighted by Crippen LogP contribution is -2.42. The highest BCUT2D eigenvalue weighted by Crippen LogP contribution is 2.34. The van der Waals surface area contributed by atoms with Gasteiger partial charge in [-0.3, -0.25) is 9.59 Å². The van der Waals surface area contributed by atoms with E-state index in [1.165, 1.54) is 0 Å². The number of benzene rings is 2. The Bertz CT molecular complexity index is 1130. The summed E-state index contributed by atoms with van der Waals surface area (Å²) in [5, 5.41) is 0. The number of aromatic nitrogens is 2. The van der Waals surface area contributed by atoms with Crippen molar-refractivity contribution in [1.29, 1.82) is 0 Å². The number of likely N-dealkylation sites (tertiary alicyclic amines) is 1. The molecule has 1 atom stereocenters. The monoisotopic (exact) mass is 432 g/mol. The number of carbonyl (C=O) groups excluding carboxylic acids is 2. The van der Waals surface area contributed by atoms with E-state index in [0.29, 0.717) is 13.0 Å². The van der Waals surface area contributed by atoms with Gasteiger partial charge in [0.25, 0.3) is 0 Å². The predicted molar refractivity (Wildman–Crippen MR) is 128 cm³/mol. The molecule has 0 radical (unpaired) electrons. The summed E-state index contributed by atoms with van der Waals surface area (Å²) in [6.45, 7) is 11.0. The van der Waals surface area contributed by atoms with Gasteiger partial charge in [-0.05, 0) is 58.9 Å². The summed E-state index contributed by atoms with van der Waals surface area (Å²) in [7, 11) is 0. The topological polar surface area (TPSA) is 58.4 Å². The SMILES string of the molecule is CC(C)N(C(=O)Cn1c(C2CC(=O)N(C(C)(C)C)C2)nc2ccccc21)c1ccccc1. The van der Waals surface area contributed by atoms with Gasteiger partial charge in [0, 0.05) is 36.2 Å². The zero-order valence-electron chi connectivity index (χ0n) is 19.6. The maximum absolute atomic E-state index is 13.6. The molecule has 1 unspecified atom stereocenters. The minimum Gasteiger partial charge on any atom is -0.337 e. The number of hydrogen-bond donors (Lipinski definition) is 0. The molecule has 0 spiro atoms. The van der Waals surface area contributed by atoms with Crippen LogP contribution in [0.1, 0.15) is 52.8 Å². The Morgan fingerprint density at radius 3 is 2.38 bits per heavy atom. The van der Waals surface area contributed by atoms with E-state index in [-0.39, 0.29) is 35.9 Å². The fraction of sp³-hybridized carbons (Fsp3) is 0.423. The normalized spacial score (nSPS) is 16.9. The highest BCUT2D eigenvalue weighted by molar-refractivity contribution is 5.94. The van der Waals surface area contributed by atoms with Gasteiger partial charge in [-0.25, -0.2) is 4.98 Å². The van der Waals surface area contributed by atoms with Crippen LogP contribution in [-0.2, 0) is 16.1 Å². The first-order valence-corrected chi connectivity index (χ1v) is 11.3. The maximum Gasteiger partial charge on any atom is 0.247 e. The van der Waals surface area contributed by atoms with E-state index in [2.05, 4.69) is 20.8 Å². The lowest BCUT2D eigenvalue weighted by atomic mass is 10.1. The molecule has 1 aliphatic rings. The van der Waals surface area contributed by atoms with Crippen LogP contribution in [0.2, 0.25) is 0 Å². The number of hydrogen-bond acceptors (Lipinski definition) is 3. The second-order valence-electron chi connectivity index (χ2n) is 9.81. The van der Waals surface area contributed by atoms with Gasteiger partial charge in [-0.1, -0.05) is 30.3 Å². The molecule has 1 saturated heterocycles. The Balaban J connectivity index is 1.71. The fourth-order valence-corrected chi connectivity index (χ4v) is 4.63. The summed E-state index contributed by atoms with van der Waals surface area (Å²) in [5.74, 6) is 0.927. The molecule has 168 valence electrons. The van der Waals surface area contributed by atoms with Crippen molar-refractivity contribution < 1.29 is 9.59 Å². The molecule has 3 aromatic rings. The Labute approximate surface area is 189 Å². The van der Waals surface area contributed by atoms with E-state index >= 15 is 0 Å². The number of fused-ring (bicyclic) bond motifs is 1. The quantitative estimate of drug-likeness (QED) is 0.592. The van der Waals surface area contributed by atoms with Crippen molar-refractivity contribution in [3.63, 3.8) is 0 Å². The Hall–Kier alpha value is -3.15. The lowest BCUT2D eigenvalue weighted by Gasteiger charge is -2.32. The minimum absolute atomic E-state index is 0.00704. The molecule has 1 aromatic heterocycles. The largest absolute Gasteiger partial charge is 0.337 e. The van der Waals surface area contributed by atoms with Crippen LogP contribution < -0.4 is 4.90 Å². The average Bonchev–Trinajstić information content (AvgIpc) is 3.29. The molecule has 6 nitrogen and oxygen atoms in total. The number of amides is 2. The third kappa shape index (κ3) is 4.14. The second kappa shape index (κ2) is 8.41. The van der Waals surface area contributed by atoms with Crippen LogP contribution in [0.4, 0.5) is 5.69 Å². The van der Waals surface area contributed by atoms with Crippen LogP contribution >= 0.6 is 0 Å². The molecule has 2 heterocycles. The van der Waals surface area contributed by atoms with E-state index in [0.717, 1.165) is 22.5 Å². The lowest BCUT2D eigenvalue weighted by molar-refractivity contribution is -0.131. The molecular formula is C26H32N4O2. The number of nitrogens with zero attached hydrogens (tertiary/aromatic N) is 4. The van der Waals surface area contributed by atoms with Gasteiger partial charge in [0.1, 0.15) is 12.4 Å². The van der Waals surface area contributed by atoms with Crippen LogP contribution in [-0.4, -0.2) is 44.4 Å². The van der Waals surface area contributed by atoms with Crippen LogP contribution in [0.5, 0.6) is 0 Å². The number of rotatable bonds is 5. The maximum atomic E-state index is 13.6. The van der Waals surface area contributed by atoms with E-state index in [4.69, 9.17) is 4.98 Å². The molecule has 2 aromatic carbocycles. The van der Waals surface area contributed by atoms with Crippen molar-refractivity contribution in [3.8, 4) is 0 Å². The van der Waals surface area contributed by atoms with Gasteiger partial charge in [0.2, 0.25) is 11.8 Å². The van der Waals surface area contributed by atoms with E-state index in [1.54, 1.807) is 0 Å². The van der Waals surface area contributed by atoms with Crippen molar-refractivity contribution in [2.45, 2.75) is 65.1 Å². The van der Waals surface area contributed by atoms with Crippen molar-refractivity contribution in [3.05, 3.63) is 60.4 Å². The molecule has 1 aliphatic heterocycles. The predicted octanol–water partition coefficient (Wildman–Crippen LogP) is 4.59. The summed E-state index contributed by atoms with van der Waals surface area (Å²) in [6.07, 6.45) is 0.418. The van der Waals surface area contributed by atoms with Crippen LogP contribution in [0.3, 0.4) is 0 Å². The zero-order chi connectivity index (χ0) is 23.0. The molecule has 6 heteroatoms. The third-order valence-electron chi connectivity index (χ3n) is 6.10. The molecule has 0 aliphatic carbocycles. The summed E-state index contributed by atoms with van der Waals surface area (Å²) < 4.78 is 2.01. The third-order valence-corrected chi connectivity index (χ3v) is 6.10. The van der Waals surface area contributed by atoms with Gasteiger partial charge in [0.15, 0.2) is 0 Å². The molecule has 0 N–H and O–H groups in total. The van der Waals surface area contributed by atoms with Gasteiger partial charge in [-0.2, -0.15) is 0 Å². The van der Waals surface area contributed by atoms with Crippen molar-refractivity contribution >= 4 is 28.5 Å². The van der Waals surface area contributed by atoms with Crippen LogP contribution in [0, 0.1) is 0 Å². The Morgan fingerprint density at radius 1 is 1.09 bits per heavy atom. The molecular weight excluding hydrogens is 400 g/mol. The van der Waals surface area contributed by atoms with E-state index in [9.17, 15) is 9.59 Å². The first-order chi connectivity index (χ1) is 15.2. The van der Waals surface area contributed by atoms with E-state index in [1.807, 2.05) is 82.8 Å². The first kappa shape index (κ1) is 22.1. The number of imidazole rings is 1. The number of anilines is 1. The molecule has 1 fully saturated rings. The average molecular weight is 433 g/mol. The van der Waals surface area contributed by atoms with Crippen molar-refractivity contribution in [2.24, 2.45) is 0 Å². The molecule has 4 rings (SSSR count). The summed E-state index contributed by atoms with van der Waals surface area (Å²) in [4.78, 5) is 34.9. The highest BCUT2D eigenvalue weighted by atomic mass is 16.2. The molecule has 0 saturated carbocycles. The van der Waals surface area contributed by atoms with Crippen LogP contribution in [0.25, 0.3) is 11.0 Å². The van der Waals surface area contributed by atoms with Gasteiger partial charge < -0.3 is 14.4 Å². The summed E-state index contributed by atoms with van der Waals surface area (Å²) in [5.41, 5.74) is 2.43. The summed E-state index contributed by atoms with van der Waals surface area (Å²) >= 11 is 0. The minimum atomic E-state index is -0.236. The van der Waals surface area contributed by atoms with Gasteiger partial charge in [-0.15, -0.1) is 0 Å². The van der Waals surface area contributed by atoms with Crippen molar-refractivity contribution in [2.75, 3.05) is 11.4 Å². The Kier molecular flexibility index (Phi) is 5.80. The molecule has 32 heavy (non-hydrogen) atoms. The van der Waals surface area contributed by atoms with Gasteiger partial charge in [0.05, 0.1) is 11.0 Å². The smallest absolute Gasteiger partial charge is 0.247 e. The zero-order valence-corrected chi connectivity index (χ0v) is 19.6. The second-order valence-corrected chi connectivity index (χ2v) is 9.81. The van der Waals surface area contributed by atoms with Crippen molar-refractivity contribution in [1.82, 2.24) is 14.5 Å². The number of para-hydroxylation sites is 3. The number of carbonyl (C=O) groups is 2. The Morgan fingerprint density at radius 2 is 1.75 bits per heavy atom. The molecule has 2 amide bonds. The standard InChI is InChI=1S/C26H32N4O2/c1-18(2)30(20-11-7-6-8-12-20)24(32)17-28-22-14-10-9-13-21(22)27-25(28)19-15-23(31)29(16-19)26(3,4)5/h6-14,18-19H,15-17H2,1-5H3. The van der Waals surface area contributed by atoms with Crippen LogP contribution in [0.15, 0.2) is 54.6 Å². The first-order valence-electron chi connectivity index (χ1n) is 11.3. The summed E-state index contributed by atoms with van der Waals surface area (Å²) in [6, 6.07) is 17.7.